The Morgan fingerprint density at radius 3 is 2.63 bits per heavy atom. The van der Waals surface area contributed by atoms with E-state index < -0.39 is 0 Å². The van der Waals surface area contributed by atoms with Crippen LogP contribution in [0.15, 0.2) is 48.2 Å². The van der Waals surface area contributed by atoms with Gasteiger partial charge in [0.05, 0.1) is 19.4 Å². The van der Waals surface area contributed by atoms with Crippen LogP contribution >= 0.6 is 12.2 Å². The van der Waals surface area contributed by atoms with Gasteiger partial charge in [0, 0.05) is 0 Å². The van der Waals surface area contributed by atoms with Crippen molar-refractivity contribution in [3.63, 3.8) is 0 Å². The van der Waals surface area contributed by atoms with E-state index in [1.165, 1.54) is 0 Å². The molecule has 1 amide bonds. The number of hydrogen-bond donors (Lipinski definition) is 1. The Labute approximate surface area is 164 Å². The van der Waals surface area contributed by atoms with Gasteiger partial charge >= 0.3 is 0 Å². The second kappa shape index (κ2) is 8.22. The van der Waals surface area contributed by atoms with E-state index in [0.717, 1.165) is 23.2 Å². The highest BCUT2D eigenvalue weighted by Gasteiger charge is 2.32. The molecule has 1 heterocycles. The number of ether oxygens (including phenoxy) is 2. The quantitative estimate of drug-likeness (QED) is 0.606. The summed E-state index contributed by atoms with van der Waals surface area (Å²) in [6, 6.07) is 13.3. The molecule has 1 fully saturated rings. The van der Waals surface area contributed by atoms with E-state index in [0.29, 0.717) is 28.9 Å². The minimum atomic E-state index is -0.172. The molecule has 1 aliphatic heterocycles. The summed E-state index contributed by atoms with van der Waals surface area (Å²) < 4.78 is 10.9. The molecule has 6 heteroatoms. The first-order valence-corrected chi connectivity index (χ1v) is 9.25. The van der Waals surface area contributed by atoms with Crippen molar-refractivity contribution in [3.8, 4) is 11.5 Å². The first kappa shape index (κ1) is 18.9. The zero-order valence-electron chi connectivity index (χ0n) is 15.6. The van der Waals surface area contributed by atoms with Crippen molar-refractivity contribution < 1.29 is 14.3 Å². The molecule has 0 atom stereocenters. The van der Waals surface area contributed by atoms with Gasteiger partial charge in [-0.2, -0.15) is 0 Å². The average molecular weight is 382 g/mol. The zero-order valence-corrected chi connectivity index (χ0v) is 16.4. The van der Waals surface area contributed by atoms with E-state index in [4.69, 9.17) is 21.7 Å². The van der Waals surface area contributed by atoms with Gasteiger partial charge in [0.1, 0.15) is 5.70 Å². The summed E-state index contributed by atoms with van der Waals surface area (Å²) in [5.74, 6) is 1.11. The number of carbonyl (C=O) groups is 1. The highest BCUT2D eigenvalue weighted by atomic mass is 32.1. The number of nitrogens with one attached hydrogen (secondary N) is 1. The second-order valence-corrected chi connectivity index (χ2v) is 6.34. The van der Waals surface area contributed by atoms with Gasteiger partial charge in [-0.25, -0.2) is 0 Å². The molecule has 0 unspecified atom stereocenters. The summed E-state index contributed by atoms with van der Waals surface area (Å²) in [6.07, 6.45) is 2.58. The van der Waals surface area contributed by atoms with Crippen LogP contribution in [0.25, 0.3) is 6.08 Å². The van der Waals surface area contributed by atoms with E-state index in [2.05, 4.69) is 12.2 Å². The van der Waals surface area contributed by atoms with Gasteiger partial charge in [-0.3, -0.25) is 9.69 Å². The first-order chi connectivity index (χ1) is 13.1. The smallest absolute Gasteiger partial charge is 0.281 e. The number of thiocarbonyl (C=S) groups is 1. The molecule has 5 nitrogen and oxygen atoms in total. The van der Waals surface area contributed by atoms with E-state index in [1.807, 2.05) is 49.4 Å². The number of carbonyl (C=O) groups excluding carboxylic acids is 1. The van der Waals surface area contributed by atoms with Crippen molar-refractivity contribution >= 4 is 35.0 Å². The fraction of sp³-hybridized carbons (Fsp3) is 0.238. The summed E-state index contributed by atoms with van der Waals surface area (Å²) >= 11 is 5.41. The van der Waals surface area contributed by atoms with Gasteiger partial charge in [0.15, 0.2) is 16.6 Å². The number of benzene rings is 2. The largest absolute Gasteiger partial charge is 0.493 e. The number of nitrogens with zero attached hydrogens (tertiary/aromatic N) is 1. The third kappa shape index (κ3) is 3.80. The minimum Gasteiger partial charge on any atom is -0.493 e. The topological polar surface area (TPSA) is 50.8 Å². The molecule has 0 aliphatic carbocycles. The van der Waals surface area contributed by atoms with Gasteiger partial charge < -0.3 is 14.8 Å². The van der Waals surface area contributed by atoms with Gasteiger partial charge in [-0.1, -0.05) is 31.2 Å². The predicted molar refractivity (Wildman–Crippen MR) is 111 cm³/mol. The van der Waals surface area contributed by atoms with Gasteiger partial charge in [-0.05, 0) is 61.0 Å². The summed E-state index contributed by atoms with van der Waals surface area (Å²) in [5.41, 5.74) is 3.13. The molecule has 1 N–H and O–H groups in total. The Morgan fingerprint density at radius 1 is 1.15 bits per heavy atom. The van der Waals surface area contributed by atoms with Crippen LogP contribution in [0.5, 0.6) is 11.5 Å². The molecule has 0 saturated carbocycles. The maximum atomic E-state index is 13.0. The predicted octanol–water partition coefficient (Wildman–Crippen LogP) is 3.92. The molecule has 140 valence electrons. The lowest BCUT2D eigenvalue weighted by Gasteiger charge is -2.17. The number of rotatable bonds is 6. The Morgan fingerprint density at radius 2 is 1.93 bits per heavy atom. The number of methoxy groups -OCH3 is 1. The Balaban J connectivity index is 1.93. The van der Waals surface area contributed by atoms with Crippen LogP contribution in [-0.2, 0) is 11.2 Å². The van der Waals surface area contributed by atoms with Crippen LogP contribution in [0, 0.1) is 0 Å². The summed E-state index contributed by atoms with van der Waals surface area (Å²) in [5, 5.41) is 3.41. The molecular weight excluding hydrogens is 360 g/mol. The summed E-state index contributed by atoms with van der Waals surface area (Å²) in [6.45, 7) is 4.52. The number of hydrogen-bond acceptors (Lipinski definition) is 4. The van der Waals surface area contributed by atoms with Gasteiger partial charge in [0.2, 0.25) is 0 Å². The summed E-state index contributed by atoms with van der Waals surface area (Å²) in [4.78, 5) is 14.5. The highest BCUT2D eigenvalue weighted by Crippen LogP contribution is 2.30. The summed E-state index contributed by atoms with van der Waals surface area (Å²) in [7, 11) is 1.59. The van der Waals surface area contributed by atoms with E-state index in [9.17, 15) is 4.79 Å². The van der Waals surface area contributed by atoms with Crippen LogP contribution in [0.2, 0.25) is 0 Å². The first-order valence-electron chi connectivity index (χ1n) is 8.84. The Bertz CT molecular complexity index is 908. The SMILES string of the molecule is CCOc1ccc(/C=C2\NC(=S)N(c3ccccc3CC)C2=O)cc1OC. The maximum Gasteiger partial charge on any atom is 0.281 e. The molecule has 2 aromatic rings. The lowest BCUT2D eigenvalue weighted by Crippen LogP contribution is -2.31. The third-order valence-electron chi connectivity index (χ3n) is 4.29. The van der Waals surface area contributed by atoms with Crippen LogP contribution in [0.1, 0.15) is 25.0 Å². The molecule has 1 aliphatic rings. The minimum absolute atomic E-state index is 0.172. The number of para-hydroxylation sites is 1. The van der Waals surface area contributed by atoms with E-state index in [1.54, 1.807) is 18.1 Å². The molecule has 2 aromatic carbocycles. The van der Waals surface area contributed by atoms with Crippen LogP contribution in [0.3, 0.4) is 0 Å². The maximum absolute atomic E-state index is 13.0. The molecule has 0 spiro atoms. The van der Waals surface area contributed by atoms with Crippen molar-refractivity contribution in [3.05, 3.63) is 59.3 Å². The van der Waals surface area contributed by atoms with Crippen molar-refractivity contribution in [2.75, 3.05) is 18.6 Å². The highest BCUT2D eigenvalue weighted by molar-refractivity contribution is 7.80. The number of anilines is 1. The molecule has 1 saturated heterocycles. The van der Waals surface area contributed by atoms with E-state index in [-0.39, 0.29) is 5.91 Å². The number of aryl methyl sites for hydroxylation is 1. The third-order valence-corrected chi connectivity index (χ3v) is 4.57. The number of amides is 1. The fourth-order valence-electron chi connectivity index (χ4n) is 3.00. The molecular formula is C21H22N2O3S. The molecule has 3 rings (SSSR count). The second-order valence-electron chi connectivity index (χ2n) is 5.95. The average Bonchev–Trinajstić information content (AvgIpc) is 2.96. The normalized spacial score (nSPS) is 15.2. The molecule has 0 aromatic heterocycles. The Hall–Kier alpha value is -2.86. The van der Waals surface area contributed by atoms with Gasteiger partial charge in [0.25, 0.3) is 5.91 Å². The Kier molecular flexibility index (Phi) is 5.76. The molecule has 27 heavy (non-hydrogen) atoms. The van der Waals surface area contributed by atoms with Crippen molar-refractivity contribution in [1.82, 2.24) is 5.32 Å². The van der Waals surface area contributed by atoms with Crippen molar-refractivity contribution in [1.29, 1.82) is 0 Å². The fourth-order valence-corrected chi connectivity index (χ4v) is 3.29. The molecule has 0 bridgehead atoms. The van der Waals surface area contributed by atoms with Gasteiger partial charge in [-0.15, -0.1) is 0 Å². The molecule has 0 radical (unpaired) electrons. The standard InChI is InChI=1S/C21H22N2O3S/c1-4-15-8-6-7-9-17(15)23-20(24)16(22-21(23)27)12-14-10-11-18(26-5-2)19(13-14)25-3/h6-13H,4-5H2,1-3H3,(H,22,27)/b16-12-. The monoisotopic (exact) mass is 382 g/mol. The lowest BCUT2D eigenvalue weighted by atomic mass is 10.1. The van der Waals surface area contributed by atoms with Crippen LogP contribution < -0.4 is 19.7 Å². The zero-order chi connectivity index (χ0) is 19.4. The van der Waals surface area contributed by atoms with Crippen LogP contribution in [0.4, 0.5) is 5.69 Å². The van der Waals surface area contributed by atoms with E-state index >= 15 is 0 Å². The van der Waals surface area contributed by atoms with Crippen molar-refractivity contribution in [2.24, 2.45) is 0 Å². The lowest BCUT2D eigenvalue weighted by molar-refractivity contribution is -0.113. The van der Waals surface area contributed by atoms with Crippen molar-refractivity contribution in [2.45, 2.75) is 20.3 Å². The van der Waals surface area contributed by atoms with Crippen LogP contribution in [-0.4, -0.2) is 24.7 Å².